The number of ether oxygens (including phenoxy) is 3. The van der Waals surface area contributed by atoms with Gasteiger partial charge < -0.3 is 18.7 Å². The van der Waals surface area contributed by atoms with Crippen LogP contribution in [0.5, 0.6) is 5.75 Å². The molecule has 1 aliphatic heterocycles. The molecule has 0 radical (unpaired) electrons. The number of H-pyrrole nitrogens is 1. The third-order valence-corrected chi connectivity index (χ3v) is 7.80. The highest BCUT2D eigenvalue weighted by Crippen LogP contribution is 2.45. The molecule has 1 saturated carbocycles. The van der Waals surface area contributed by atoms with Crippen LogP contribution >= 0.6 is 19.3 Å². The predicted octanol–water partition coefficient (Wildman–Crippen LogP) is 3.04. The summed E-state index contributed by atoms with van der Waals surface area (Å²) in [6.45, 7) is 2.69. The number of nitrogens with zero attached hydrogens (tertiary/aromatic N) is 1. The minimum atomic E-state index is -4.15. The second-order valence-electron chi connectivity index (χ2n) is 8.86. The Morgan fingerprint density at radius 3 is 2.68 bits per heavy atom. The molecule has 2 heterocycles. The van der Waals surface area contributed by atoms with Crippen molar-refractivity contribution in [2.24, 2.45) is 0 Å². The first-order valence-corrected chi connectivity index (χ1v) is 13.8. The molecule has 202 valence electrons. The summed E-state index contributed by atoms with van der Waals surface area (Å²) in [5.41, 5.74) is -0.822. The molecule has 4 atom stereocenters. The zero-order valence-corrected chi connectivity index (χ0v) is 22.0. The Bertz CT molecular complexity index is 1260. The highest BCUT2D eigenvalue weighted by Gasteiger charge is 2.36. The van der Waals surface area contributed by atoms with Crippen molar-refractivity contribution in [3.8, 4) is 5.75 Å². The number of aromatic amines is 1. The van der Waals surface area contributed by atoms with E-state index in [1.54, 1.807) is 19.1 Å². The summed E-state index contributed by atoms with van der Waals surface area (Å²) in [5.74, 6) is -0.380. The summed E-state index contributed by atoms with van der Waals surface area (Å²) in [4.78, 5) is 38.6. The first-order valence-electron chi connectivity index (χ1n) is 11.9. The summed E-state index contributed by atoms with van der Waals surface area (Å²) in [7, 11) is -4.15. The van der Waals surface area contributed by atoms with E-state index in [1.807, 2.05) is 0 Å². The van der Waals surface area contributed by atoms with Gasteiger partial charge in [0.05, 0.1) is 6.61 Å². The van der Waals surface area contributed by atoms with Gasteiger partial charge in [0.15, 0.2) is 12.5 Å². The van der Waals surface area contributed by atoms with Crippen molar-refractivity contribution in [2.75, 3.05) is 13.2 Å². The fourth-order valence-electron chi connectivity index (χ4n) is 3.92. The maximum absolute atomic E-state index is 13.7. The van der Waals surface area contributed by atoms with Crippen molar-refractivity contribution in [2.45, 2.75) is 64.2 Å². The van der Waals surface area contributed by atoms with E-state index in [0.29, 0.717) is 10.6 Å². The number of aryl methyl sites for hydroxylation is 1. The lowest BCUT2D eigenvalue weighted by Gasteiger charge is -2.24. The van der Waals surface area contributed by atoms with Gasteiger partial charge in [0.2, 0.25) is 0 Å². The van der Waals surface area contributed by atoms with E-state index in [2.05, 4.69) is 10.1 Å². The second-order valence-corrected chi connectivity index (χ2v) is 11.0. The number of nitrogens with one attached hydrogen (secondary N) is 2. The lowest BCUT2D eigenvalue weighted by Crippen LogP contribution is -2.37. The molecule has 2 N–H and O–H groups in total. The Labute approximate surface area is 217 Å². The average Bonchev–Trinajstić information content (AvgIpc) is 3.54. The molecule has 4 rings (SSSR count). The van der Waals surface area contributed by atoms with Crippen molar-refractivity contribution < 1.29 is 32.6 Å². The van der Waals surface area contributed by atoms with Crippen LogP contribution in [0.25, 0.3) is 0 Å². The van der Waals surface area contributed by atoms with Gasteiger partial charge in [0, 0.05) is 16.8 Å². The molecular weight excluding hydrogens is 529 g/mol. The Kier molecular flexibility index (Phi) is 8.89. The fraction of sp³-hybridized carbons (Fsp3) is 0.522. The van der Waals surface area contributed by atoms with E-state index in [9.17, 15) is 18.9 Å². The van der Waals surface area contributed by atoms with Gasteiger partial charge in [-0.25, -0.2) is 9.36 Å². The molecule has 14 heteroatoms. The molecule has 1 aromatic heterocycles. The largest absolute Gasteiger partial charge is 0.461 e. The van der Waals surface area contributed by atoms with E-state index < -0.39 is 43.5 Å². The molecule has 0 spiro atoms. The molecule has 37 heavy (non-hydrogen) atoms. The summed E-state index contributed by atoms with van der Waals surface area (Å²) in [6.07, 6.45) is 2.95. The molecule has 12 nitrogen and oxygen atoms in total. The Hall–Kier alpha value is -2.47. The average molecular weight is 558 g/mol. The summed E-state index contributed by atoms with van der Waals surface area (Å²) >= 11 is 5.92. The summed E-state index contributed by atoms with van der Waals surface area (Å²) in [5, 5.41) is 3.07. The summed E-state index contributed by atoms with van der Waals surface area (Å²) in [6, 6.07) is 5.11. The number of halogens is 1. The molecule has 0 amide bonds. The monoisotopic (exact) mass is 557 g/mol. The van der Waals surface area contributed by atoms with Crippen LogP contribution in [0.1, 0.15) is 44.4 Å². The molecule has 2 fully saturated rings. The Balaban J connectivity index is 1.42. The number of aromatic nitrogens is 2. The first-order chi connectivity index (χ1) is 17.6. The van der Waals surface area contributed by atoms with Gasteiger partial charge in [-0.1, -0.05) is 11.6 Å². The van der Waals surface area contributed by atoms with Gasteiger partial charge in [-0.2, -0.15) is 5.09 Å². The van der Waals surface area contributed by atoms with Gasteiger partial charge in [-0.15, -0.1) is 0 Å². The molecule has 2 unspecified atom stereocenters. The fourth-order valence-corrected chi connectivity index (χ4v) is 5.53. The van der Waals surface area contributed by atoms with E-state index in [4.69, 9.17) is 34.9 Å². The van der Waals surface area contributed by atoms with Crippen LogP contribution in [0, 0.1) is 6.92 Å². The lowest BCUT2D eigenvalue weighted by atomic mass is 10.3. The van der Waals surface area contributed by atoms with Gasteiger partial charge in [0.1, 0.15) is 24.5 Å². The van der Waals surface area contributed by atoms with Crippen LogP contribution in [0.2, 0.25) is 5.02 Å². The van der Waals surface area contributed by atoms with Gasteiger partial charge >= 0.3 is 19.4 Å². The maximum Gasteiger partial charge on any atom is 0.459 e. The van der Waals surface area contributed by atoms with Crippen molar-refractivity contribution in [3.63, 3.8) is 0 Å². The van der Waals surface area contributed by atoms with Gasteiger partial charge in [-0.05, 0) is 63.8 Å². The minimum Gasteiger partial charge on any atom is -0.461 e. The minimum absolute atomic E-state index is 0.0146. The standard InChI is InChI=1S/C23H29ClN3O9P/c1-14-11-27(23(30)25-21(14)28)19-12-32-20(35-19)13-33-37(31,36-18-9-7-16(24)8-10-18)26-15(2)22(29)34-17-5-3-4-6-17/h7-11,15,17,19-20H,3-6,12-13H2,1-2H3,(H,26,31)(H,25,28,30)/t15?,19-,20-,37?/m1/s1. The van der Waals surface area contributed by atoms with Crippen molar-refractivity contribution in [3.05, 3.63) is 61.9 Å². The van der Waals surface area contributed by atoms with Crippen molar-refractivity contribution >= 4 is 25.3 Å². The second kappa shape index (κ2) is 11.9. The number of hydrogen-bond donors (Lipinski definition) is 2. The zero-order valence-electron chi connectivity index (χ0n) is 20.4. The first kappa shape index (κ1) is 27.6. The third kappa shape index (κ3) is 7.31. The maximum atomic E-state index is 13.7. The van der Waals surface area contributed by atoms with Crippen LogP contribution in [-0.4, -0.2) is 47.2 Å². The normalized spacial score (nSPS) is 22.5. The molecule has 2 aromatic rings. The van der Waals surface area contributed by atoms with Gasteiger partial charge in [0.25, 0.3) is 5.56 Å². The molecule has 1 aliphatic carbocycles. The van der Waals surface area contributed by atoms with E-state index >= 15 is 0 Å². The SMILES string of the molecule is Cc1cn([C@H]2CO[C@@H](COP(=O)(NC(C)C(=O)OC3CCCC3)Oc3ccc(Cl)cc3)O2)c(=O)[nH]c1=O. The number of esters is 1. The zero-order chi connectivity index (χ0) is 26.6. The van der Waals surface area contributed by atoms with Crippen LogP contribution < -0.4 is 20.9 Å². The van der Waals surface area contributed by atoms with Crippen molar-refractivity contribution in [1.82, 2.24) is 14.6 Å². The van der Waals surface area contributed by atoms with E-state index in [-0.39, 0.29) is 25.1 Å². The summed E-state index contributed by atoms with van der Waals surface area (Å²) < 4.78 is 42.8. The molecule has 1 saturated heterocycles. The number of carbonyl (C=O) groups is 1. The van der Waals surface area contributed by atoms with Crippen LogP contribution in [-0.2, 0) is 28.1 Å². The number of benzene rings is 1. The molecule has 2 aliphatic rings. The topological polar surface area (TPSA) is 147 Å². The van der Waals surface area contributed by atoms with Crippen LogP contribution in [0.15, 0.2) is 40.1 Å². The molecule has 1 aromatic carbocycles. The quantitative estimate of drug-likeness (QED) is 0.330. The van der Waals surface area contributed by atoms with E-state index in [1.165, 1.54) is 29.8 Å². The predicted molar refractivity (Wildman–Crippen MR) is 133 cm³/mol. The third-order valence-electron chi connectivity index (χ3n) is 5.90. The van der Waals surface area contributed by atoms with Crippen molar-refractivity contribution in [1.29, 1.82) is 0 Å². The number of carbonyl (C=O) groups excluding carboxylic acids is 1. The molecular formula is C23H29ClN3O9P. The Morgan fingerprint density at radius 2 is 1.97 bits per heavy atom. The smallest absolute Gasteiger partial charge is 0.459 e. The highest BCUT2D eigenvalue weighted by molar-refractivity contribution is 7.52. The van der Waals surface area contributed by atoms with Gasteiger partial charge in [-0.3, -0.25) is 23.7 Å². The number of hydrogen-bond acceptors (Lipinski definition) is 9. The number of rotatable bonds is 10. The molecule has 0 bridgehead atoms. The van der Waals surface area contributed by atoms with Crippen LogP contribution in [0.3, 0.4) is 0 Å². The highest BCUT2D eigenvalue weighted by atomic mass is 35.5. The lowest BCUT2D eigenvalue weighted by molar-refractivity contribution is -0.150. The van der Waals surface area contributed by atoms with Crippen LogP contribution in [0.4, 0.5) is 0 Å². The Morgan fingerprint density at radius 1 is 1.27 bits per heavy atom. The van der Waals surface area contributed by atoms with E-state index in [0.717, 1.165) is 25.7 Å².